The minimum atomic E-state index is -3.92. The van der Waals surface area contributed by atoms with Crippen LogP contribution in [-0.2, 0) is 33.9 Å². The van der Waals surface area contributed by atoms with E-state index in [1.165, 1.54) is 11.0 Å². The quantitative estimate of drug-likeness (QED) is 0.244. The standard InChI is InChI=1S/C40H51N5O9S/c1-8-23-20-40(23,35(48)44-55(51,52)25-17-18-25)43-33(46)31-19-24(21-45(31)34(47)32(38(2,3)4)42-37(50)54-39(5,6)7)41-36(49)53-22-30-28-15-11-9-13-26(28)27-14-10-12-16-29(27)30/h8-16,23-25,30-32H,1,17-22H2,2-7H3,(H,41,49)(H,42,50)(H,43,46)(H,44,48)/t23?,24-,31+,32-,40?/m1/s1. The number of nitrogens with one attached hydrogen (secondary N) is 4. The van der Waals surface area contributed by atoms with Crippen LogP contribution >= 0.6 is 0 Å². The molecule has 0 aromatic heterocycles. The van der Waals surface area contributed by atoms with Crippen molar-refractivity contribution in [2.24, 2.45) is 11.3 Å². The molecule has 2 aromatic carbocycles. The van der Waals surface area contributed by atoms with Crippen molar-refractivity contribution in [3.63, 3.8) is 0 Å². The summed E-state index contributed by atoms with van der Waals surface area (Å²) < 4.78 is 38.7. The molecule has 14 nitrogen and oxygen atoms in total. The zero-order valence-corrected chi connectivity index (χ0v) is 33.0. The summed E-state index contributed by atoms with van der Waals surface area (Å²) >= 11 is 0. The monoisotopic (exact) mass is 777 g/mol. The number of nitrogens with zero attached hydrogens (tertiary/aromatic N) is 1. The fourth-order valence-corrected chi connectivity index (χ4v) is 8.86. The first-order chi connectivity index (χ1) is 25.7. The van der Waals surface area contributed by atoms with Crippen molar-refractivity contribution in [1.29, 1.82) is 0 Å². The molecule has 0 radical (unpaired) electrons. The topological polar surface area (TPSA) is 189 Å². The normalized spacial score (nSPS) is 23.7. The molecule has 5 atom stereocenters. The molecule has 6 rings (SSSR count). The molecule has 55 heavy (non-hydrogen) atoms. The molecule has 3 aliphatic carbocycles. The summed E-state index contributed by atoms with van der Waals surface area (Å²) in [5, 5.41) is 7.57. The first-order valence-corrected chi connectivity index (χ1v) is 20.2. The van der Waals surface area contributed by atoms with E-state index in [-0.39, 0.29) is 31.9 Å². The summed E-state index contributed by atoms with van der Waals surface area (Å²) in [6.07, 6.45) is 0.849. The summed E-state index contributed by atoms with van der Waals surface area (Å²) in [5.41, 5.74) is 0.935. The summed E-state index contributed by atoms with van der Waals surface area (Å²) in [7, 11) is -3.92. The van der Waals surface area contributed by atoms with Crippen LogP contribution in [0.15, 0.2) is 61.2 Å². The molecule has 1 aliphatic heterocycles. The summed E-state index contributed by atoms with van der Waals surface area (Å²) in [5.74, 6) is -2.95. The molecule has 0 bridgehead atoms. The Bertz CT molecular complexity index is 1960. The lowest BCUT2D eigenvalue weighted by atomic mass is 9.85. The second-order valence-corrected chi connectivity index (χ2v) is 19.0. The Morgan fingerprint density at radius 1 is 0.945 bits per heavy atom. The number of hydrogen-bond donors (Lipinski definition) is 4. The maximum atomic E-state index is 14.4. The summed E-state index contributed by atoms with van der Waals surface area (Å²) in [6.45, 7) is 14.0. The van der Waals surface area contributed by atoms with Crippen LogP contribution in [0, 0.1) is 11.3 Å². The fourth-order valence-electron chi connectivity index (χ4n) is 7.50. The number of carbonyl (C=O) groups excluding carboxylic acids is 5. The second-order valence-electron chi connectivity index (χ2n) is 17.0. The lowest BCUT2D eigenvalue weighted by Gasteiger charge is -2.36. The Labute approximate surface area is 322 Å². The van der Waals surface area contributed by atoms with Gasteiger partial charge in [-0.05, 0) is 74.1 Å². The van der Waals surface area contributed by atoms with E-state index in [9.17, 15) is 32.4 Å². The number of rotatable bonds is 11. The van der Waals surface area contributed by atoms with E-state index in [0.29, 0.717) is 12.8 Å². The van der Waals surface area contributed by atoms with Gasteiger partial charge in [0.25, 0.3) is 5.91 Å². The van der Waals surface area contributed by atoms with E-state index < -0.39 is 85.8 Å². The molecule has 4 N–H and O–H groups in total. The van der Waals surface area contributed by atoms with E-state index in [4.69, 9.17) is 9.47 Å². The predicted octanol–water partition coefficient (Wildman–Crippen LogP) is 4.10. The van der Waals surface area contributed by atoms with Gasteiger partial charge in [-0.15, -0.1) is 6.58 Å². The lowest BCUT2D eigenvalue weighted by molar-refractivity contribution is -0.143. The maximum absolute atomic E-state index is 14.4. The molecular formula is C40H51N5O9S. The SMILES string of the molecule is C=CC1CC1(NC(=O)[C@@H]1C[C@@H](NC(=O)OCC2c3ccccc3-c3ccccc32)CN1C(=O)[C@@H](NC(=O)OC(C)(C)C)C(C)(C)C)C(=O)NS(=O)(=O)C1CC1. The molecule has 5 amide bonds. The van der Waals surface area contributed by atoms with Gasteiger partial charge in [0.05, 0.1) is 11.3 Å². The zero-order valence-electron chi connectivity index (χ0n) is 32.1. The van der Waals surface area contributed by atoms with Gasteiger partial charge in [-0.2, -0.15) is 0 Å². The Hall–Kier alpha value is -4.92. The highest BCUT2D eigenvalue weighted by atomic mass is 32.2. The first-order valence-electron chi connectivity index (χ1n) is 18.7. The Balaban J connectivity index is 1.21. The van der Waals surface area contributed by atoms with Crippen LogP contribution in [0.25, 0.3) is 11.1 Å². The molecule has 15 heteroatoms. The van der Waals surface area contributed by atoms with Gasteiger partial charge >= 0.3 is 12.2 Å². The van der Waals surface area contributed by atoms with Crippen LogP contribution in [0.1, 0.15) is 84.3 Å². The summed E-state index contributed by atoms with van der Waals surface area (Å²) in [6, 6.07) is 12.7. The van der Waals surface area contributed by atoms with Gasteiger partial charge in [0.1, 0.15) is 29.8 Å². The second kappa shape index (κ2) is 14.6. The minimum Gasteiger partial charge on any atom is -0.449 e. The van der Waals surface area contributed by atoms with E-state index in [2.05, 4.69) is 27.3 Å². The number of ether oxygens (including phenoxy) is 2. The van der Waals surface area contributed by atoms with Crippen LogP contribution in [0.5, 0.6) is 0 Å². The minimum absolute atomic E-state index is 0.0510. The van der Waals surface area contributed by atoms with E-state index >= 15 is 0 Å². The van der Waals surface area contributed by atoms with Crippen LogP contribution in [0.3, 0.4) is 0 Å². The molecule has 1 heterocycles. The third kappa shape index (κ3) is 8.51. The number of alkyl carbamates (subject to hydrolysis) is 2. The molecule has 2 saturated carbocycles. The van der Waals surface area contributed by atoms with E-state index in [0.717, 1.165) is 22.3 Å². The van der Waals surface area contributed by atoms with Gasteiger partial charge < -0.3 is 30.3 Å². The fraction of sp³-hybridized carbons (Fsp3) is 0.525. The van der Waals surface area contributed by atoms with Crippen molar-refractivity contribution >= 4 is 39.9 Å². The number of carbonyl (C=O) groups is 5. The van der Waals surface area contributed by atoms with Crippen molar-refractivity contribution in [2.75, 3.05) is 13.2 Å². The maximum Gasteiger partial charge on any atom is 0.408 e. The van der Waals surface area contributed by atoms with Crippen molar-refractivity contribution < 1.29 is 41.9 Å². The number of sulfonamides is 1. The van der Waals surface area contributed by atoms with Gasteiger partial charge in [-0.3, -0.25) is 19.1 Å². The first kappa shape index (κ1) is 39.8. The highest BCUT2D eigenvalue weighted by Crippen LogP contribution is 2.46. The zero-order chi connectivity index (χ0) is 40.1. The van der Waals surface area contributed by atoms with Crippen molar-refractivity contribution in [1.82, 2.24) is 25.6 Å². The van der Waals surface area contributed by atoms with E-state index in [1.807, 2.05) is 48.5 Å². The number of benzene rings is 2. The number of fused-ring (bicyclic) bond motifs is 3. The largest absolute Gasteiger partial charge is 0.449 e. The highest BCUT2D eigenvalue weighted by molar-refractivity contribution is 7.91. The Morgan fingerprint density at radius 2 is 1.55 bits per heavy atom. The van der Waals surface area contributed by atoms with Crippen LogP contribution in [0.4, 0.5) is 9.59 Å². The molecular weight excluding hydrogens is 727 g/mol. The number of amides is 5. The Morgan fingerprint density at radius 3 is 2.07 bits per heavy atom. The van der Waals surface area contributed by atoms with Gasteiger partial charge in [0.15, 0.2) is 0 Å². The average Bonchev–Trinajstić information content (AvgIpc) is 4.01. The third-order valence-electron chi connectivity index (χ3n) is 10.6. The van der Waals surface area contributed by atoms with Crippen molar-refractivity contribution in [2.45, 2.75) is 108 Å². The van der Waals surface area contributed by atoms with E-state index in [1.54, 1.807) is 41.5 Å². The smallest absolute Gasteiger partial charge is 0.408 e. The molecule has 2 aromatic rings. The van der Waals surface area contributed by atoms with Gasteiger partial charge in [-0.25, -0.2) is 18.0 Å². The van der Waals surface area contributed by atoms with Crippen molar-refractivity contribution in [3.05, 3.63) is 72.3 Å². The Kier molecular flexibility index (Phi) is 10.6. The number of hydrogen-bond acceptors (Lipinski definition) is 9. The van der Waals surface area contributed by atoms with Gasteiger partial charge in [-0.1, -0.05) is 75.4 Å². The van der Waals surface area contributed by atoms with Crippen LogP contribution in [0.2, 0.25) is 0 Å². The molecule has 0 spiro atoms. The van der Waals surface area contributed by atoms with Crippen LogP contribution < -0.4 is 20.7 Å². The summed E-state index contributed by atoms with van der Waals surface area (Å²) in [4.78, 5) is 69.7. The third-order valence-corrected chi connectivity index (χ3v) is 12.4. The lowest BCUT2D eigenvalue weighted by Crippen LogP contribution is -2.60. The predicted molar refractivity (Wildman–Crippen MR) is 204 cm³/mol. The van der Waals surface area contributed by atoms with Gasteiger partial charge in [0, 0.05) is 18.4 Å². The highest BCUT2D eigenvalue weighted by Gasteiger charge is 2.62. The van der Waals surface area contributed by atoms with Crippen LogP contribution in [-0.4, -0.2) is 90.9 Å². The van der Waals surface area contributed by atoms with Gasteiger partial charge in [0.2, 0.25) is 21.8 Å². The average molecular weight is 778 g/mol. The molecule has 1 saturated heterocycles. The number of likely N-dealkylation sites (tertiary alicyclic amines) is 1. The molecule has 2 unspecified atom stereocenters. The van der Waals surface area contributed by atoms with Crippen molar-refractivity contribution in [3.8, 4) is 11.1 Å². The molecule has 296 valence electrons. The molecule has 3 fully saturated rings. The molecule has 4 aliphatic rings.